The van der Waals surface area contributed by atoms with E-state index in [0.717, 1.165) is 12.0 Å². The topological polar surface area (TPSA) is 75.4 Å². The zero-order chi connectivity index (χ0) is 14.4. The molecule has 2 rings (SSSR count). The molecule has 0 bridgehead atoms. The molecule has 1 saturated heterocycles. The third kappa shape index (κ3) is 3.84. The van der Waals surface area contributed by atoms with Crippen molar-refractivity contribution < 1.29 is 9.59 Å². The average Bonchev–Trinajstić information content (AvgIpc) is 2.82. The fourth-order valence-corrected chi connectivity index (χ4v) is 2.07. The molecule has 1 heterocycles. The van der Waals surface area contributed by atoms with Gasteiger partial charge < -0.3 is 16.0 Å². The zero-order valence-corrected chi connectivity index (χ0v) is 11.2. The summed E-state index contributed by atoms with van der Waals surface area (Å²) < 4.78 is 0. The molecule has 5 heteroatoms. The number of carbonyl (C=O) groups is 2. The predicted molar refractivity (Wildman–Crippen MR) is 76.8 cm³/mol. The number of nitrogens with one attached hydrogen (secondary N) is 1. The number of rotatable bonds is 3. The molecule has 1 aliphatic heterocycles. The summed E-state index contributed by atoms with van der Waals surface area (Å²) >= 11 is 0. The maximum absolute atomic E-state index is 11.9. The van der Waals surface area contributed by atoms with Crippen molar-refractivity contribution in [1.82, 2.24) is 4.90 Å². The van der Waals surface area contributed by atoms with Crippen molar-refractivity contribution in [2.75, 3.05) is 25.0 Å². The van der Waals surface area contributed by atoms with Gasteiger partial charge in [-0.2, -0.15) is 0 Å². The van der Waals surface area contributed by atoms with E-state index in [1.807, 2.05) is 12.1 Å². The van der Waals surface area contributed by atoms with E-state index in [1.54, 1.807) is 17.0 Å². The average molecular weight is 271 g/mol. The second-order valence-corrected chi connectivity index (χ2v) is 4.55. The van der Waals surface area contributed by atoms with Crippen LogP contribution in [0.2, 0.25) is 0 Å². The molecule has 0 unspecified atom stereocenters. The van der Waals surface area contributed by atoms with E-state index in [-0.39, 0.29) is 18.4 Å². The van der Waals surface area contributed by atoms with Crippen LogP contribution in [0.3, 0.4) is 0 Å². The molecule has 1 aromatic carbocycles. The van der Waals surface area contributed by atoms with E-state index in [2.05, 4.69) is 17.2 Å². The summed E-state index contributed by atoms with van der Waals surface area (Å²) in [4.78, 5) is 24.9. The Morgan fingerprint density at radius 1 is 1.45 bits per heavy atom. The van der Waals surface area contributed by atoms with Crippen LogP contribution in [0.4, 0.5) is 5.69 Å². The predicted octanol–water partition coefficient (Wildman–Crippen LogP) is 0.558. The first-order valence-electron chi connectivity index (χ1n) is 6.55. The zero-order valence-electron chi connectivity index (χ0n) is 11.2. The van der Waals surface area contributed by atoms with Crippen molar-refractivity contribution in [2.45, 2.75) is 12.8 Å². The number of benzene rings is 1. The maximum atomic E-state index is 11.9. The molecule has 2 amide bonds. The normalized spacial score (nSPS) is 13.8. The largest absolute Gasteiger partial charge is 0.333 e. The molecule has 0 saturated carbocycles. The molecule has 0 aliphatic carbocycles. The molecule has 20 heavy (non-hydrogen) atoms. The number of amides is 2. The summed E-state index contributed by atoms with van der Waals surface area (Å²) in [6.07, 6.45) is 1.37. The van der Waals surface area contributed by atoms with Gasteiger partial charge in [0.15, 0.2) is 0 Å². The van der Waals surface area contributed by atoms with Gasteiger partial charge in [0.25, 0.3) is 0 Å². The van der Waals surface area contributed by atoms with Crippen LogP contribution in [-0.2, 0) is 9.59 Å². The number of hydrogen-bond donors (Lipinski definition) is 2. The van der Waals surface area contributed by atoms with Crippen LogP contribution < -0.4 is 11.1 Å². The van der Waals surface area contributed by atoms with Crippen molar-refractivity contribution in [1.29, 1.82) is 0 Å². The van der Waals surface area contributed by atoms with Gasteiger partial charge in [-0.05, 0) is 24.6 Å². The van der Waals surface area contributed by atoms with E-state index in [9.17, 15) is 9.59 Å². The van der Waals surface area contributed by atoms with Gasteiger partial charge in [-0.1, -0.05) is 17.9 Å². The lowest BCUT2D eigenvalue weighted by molar-refractivity contribution is -0.131. The summed E-state index contributed by atoms with van der Waals surface area (Å²) in [5.74, 6) is 5.52. The summed E-state index contributed by atoms with van der Waals surface area (Å²) in [6.45, 7) is 1.07. The van der Waals surface area contributed by atoms with Crippen LogP contribution in [0.15, 0.2) is 24.3 Å². The van der Waals surface area contributed by atoms with Crippen molar-refractivity contribution in [3.05, 3.63) is 29.8 Å². The van der Waals surface area contributed by atoms with E-state index in [4.69, 9.17) is 5.73 Å². The van der Waals surface area contributed by atoms with Gasteiger partial charge in [0, 0.05) is 24.2 Å². The molecule has 0 radical (unpaired) electrons. The Balaban J connectivity index is 1.95. The van der Waals surface area contributed by atoms with Crippen LogP contribution in [0.25, 0.3) is 0 Å². The summed E-state index contributed by atoms with van der Waals surface area (Å²) in [6, 6.07) is 7.24. The Hall–Kier alpha value is -2.32. The lowest BCUT2D eigenvalue weighted by atomic mass is 10.2. The van der Waals surface area contributed by atoms with E-state index < -0.39 is 0 Å². The van der Waals surface area contributed by atoms with Gasteiger partial charge in [0.2, 0.25) is 11.8 Å². The van der Waals surface area contributed by atoms with Crippen LogP contribution in [-0.4, -0.2) is 36.3 Å². The minimum Gasteiger partial charge on any atom is -0.333 e. The molecule has 1 aromatic rings. The summed E-state index contributed by atoms with van der Waals surface area (Å²) in [5, 5.41) is 2.77. The quantitative estimate of drug-likeness (QED) is 0.789. The minimum absolute atomic E-state index is 0.0442. The molecule has 1 fully saturated rings. The minimum atomic E-state index is -0.191. The Labute approximate surface area is 118 Å². The van der Waals surface area contributed by atoms with Crippen LogP contribution in [0, 0.1) is 11.8 Å². The highest BCUT2D eigenvalue weighted by atomic mass is 16.2. The molecule has 3 N–H and O–H groups in total. The lowest BCUT2D eigenvalue weighted by Gasteiger charge is -2.15. The maximum Gasteiger partial charge on any atom is 0.243 e. The highest BCUT2D eigenvalue weighted by Gasteiger charge is 2.22. The third-order valence-corrected chi connectivity index (χ3v) is 2.99. The van der Waals surface area contributed by atoms with Gasteiger partial charge in [-0.15, -0.1) is 0 Å². The molecular weight excluding hydrogens is 254 g/mol. The molecule has 1 aliphatic rings. The third-order valence-electron chi connectivity index (χ3n) is 2.99. The standard InChI is InChI=1S/C15H17N3O2/c16-8-2-5-12-4-1-6-13(10-12)17-14(19)11-18-9-3-7-15(18)20/h1,4,6,10H,3,7-9,11,16H2,(H,17,19). The number of likely N-dealkylation sites (tertiary alicyclic amines) is 1. The first-order chi connectivity index (χ1) is 9.69. The van der Waals surface area contributed by atoms with Gasteiger partial charge >= 0.3 is 0 Å². The fraction of sp³-hybridized carbons (Fsp3) is 0.333. The van der Waals surface area contributed by atoms with Crippen molar-refractivity contribution in [3.63, 3.8) is 0 Å². The van der Waals surface area contributed by atoms with E-state index in [1.165, 1.54) is 0 Å². The number of carbonyl (C=O) groups excluding carboxylic acids is 2. The molecular formula is C15H17N3O2. The van der Waals surface area contributed by atoms with E-state index >= 15 is 0 Å². The van der Waals surface area contributed by atoms with Gasteiger partial charge in [-0.3, -0.25) is 9.59 Å². The summed E-state index contributed by atoms with van der Waals surface area (Å²) in [5.41, 5.74) is 6.79. The molecule has 104 valence electrons. The van der Waals surface area contributed by atoms with Crippen molar-refractivity contribution in [3.8, 4) is 11.8 Å². The number of hydrogen-bond acceptors (Lipinski definition) is 3. The molecule has 0 atom stereocenters. The smallest absolute Gasteiger partial charge is 0.243 e. The molecule has 5 nitrogen and oxygen atoms in total. The Morgan fingerprint density at radius 3 is 3.00 bits per heavy atom. The highest BCUT2D eigenvalue weighted by Crippen LogP contribution is 2.12. The fourth-order valence-electron chi connectivity index (χ4n) is 2.07. The first kappa shape index (κ1) is 14.1. The summed E-state index contributed by atoms with van der Waals surface area (Å²) in [7, 11) is 0. The second kappa shape index (κ2) is 6.73. The van der Waals surface area contributed by atoms with Crippen LogP contribution >= 0.6 is 0 Å². The Bertz CT molecular complexity index is 572. The van der Waals surface area contributed by atoms with Crippen LogP contribution in [0.1, 0.15) is 18.4 Å². The molecule has 0 aromatic heterocycles. The van der Waals surface area contributed by atoms with Gasteiger partial charge in [-0.25, -0.2) is 0 Å². The Kier molecular flexibility index (Phi) is 4.75. The van der Waals surface area contributed by atoms with Crippen LogP contribution in [0.5, 0.6) is 0 Å². The highest BCUT2D eigenvalue weighted by molar-refractivity contribution is 5.95. The Morgan fingerprint density at radius 2 is 2.30 bits per heavy atom. The second-order valence-electron chi connectivity index (χ2n) is 4.55. The number of nitrogens with zero attached hydrogens (tertiary/aromatic N) is 1. The number of anilines is 1. The van der Waals surface area contributed by atoms with Crippen molar-refractivity contribution >= 4 is 17.5 Å². The SMILES string of the molecule is NCC#Cc1cccc(NC(=O)CN2CCCC2=O)c1. The van der Waals surface area contributed by atoms with Gasteiger partial charge in [0.1, 0.15) is 0 Å². The van der Waals surface area contributed by atoms with Gasteiger partial charge in [0.05, 0.1) is 13.1 Å². The monoisotopic (exact) mass is 271 g/mol. The van der Waals surface area contributed by atoms with E-state index in [0.29, 0.717) is 25.2 Å². The number of nitrogens with two attached hydrogens (primary N) is 1. The first-order valence-corrected chi connectivity index (χ1v) is 6.55. The van der Waals surface area contributed by atoms with Crippen molar-refractivity contribution in [2.24, 2.45) is 5.73 Å². The lowest BCUT2D eigenvalue weighted by Crippen LogP contribution is -2.33. The molecule has 0 spiro atoms.